The number of carbonyl (C=O) groups is 3. The molecule has 48 heavy (non-hydrogen) atoms. The van der Waals surface area contributed by atoms with Crippen LogP contribution in [0, 0.1) is 12.8 Å². The first-order valence-corrected chi connectivity index (χ1v) is 16.2. The smallest absolute Gasteiger partial charge is 0.270 e. The number of anilines is 1. The van der Waals surface area contributed by atoms with Crippen LogP contribution < -0.4 is 26.4 Å². The second-order valence-electron chi connectivity index (χ2n) is 13.0. The second-order valence-corrected chi connectivity index (χ2v) is 13.0. The van der Waals surface area contributed by atoms with Gasteiger partial charge in [0.2, 0.25) is 17.7 Å². The van der Waals surface area contributed by atoms with Gasteiger partial charge in [-0.2, -0.15) is 0 Å². The fraction of sp³-hybridized carbons (Fsp3) is 0.400. The molecule has 3 aliphatic rings. The molecular formula is C35H38N6O7. The molecule has 0 aliphatic carbocycles. The van der Waals surface area contributed by atoms with Crippen molar-refractivity contribution < 1.29 is 33.1 Å². The molecule has 0 radical (unpaired) electrons. The third-order valence-corrected chi connectivity index (χ3v) is 9.86. The first kappa shape index (κ1) is 31.4. The van der Waals surface area contributed by atoms with E-state index in [1.54, 1.807) is 20.8 Å². The Labute approximate surface area is 276 Å². The van der Waals surface area contributed by atoms with Crippen molar-refractivity contribution in [3.63, 3.8) is 0 Å². The summed E-state index contributed by atoms with van der Waals surface area (Å²) >= 11 is 0. The van der Waals surface area contributed by atoms with Crippen molar-refractivity contribution in [1.29, 1.82) is 0 Å². The number of aliphatic hydroxyl groups is 1. The van der Waals surface area contributed by atoms with Crippen LogP contribution in [0.4, 0.5) is 5.69 Å². The number of primary amides is 1. The van der Waals surface area contributed by atoms with E-state index in [-0.39, 0.29) is 54.1 Å². The van der Waals surface area contributed by atoms with E-state index in [2.05, 4.69) is 20.9 Å². The van der Waals surface area contributed by atoms with Crippen molar-refractivity contribution in [1.82, 2.24) is 20.6 Å². The number of ether oxygens (including phenoxy) is 1. The fourth-order valence-electron chi connectivity index (χ4n) is 7.04. The van der Waals surface area contributed by atoms with Gasteiger partial charge in [-0.15, -0.1) is 0 Å². The summed E-state index contributed by atoms with van der Waals surface area (Å²) in [6.07, 6.45) is -0.162. The molecule has 250 valence electrons. The van der Waals surface area contributed by atoms with E-state index in [0.29, 0.717) is 11.5 Å². The Hall–Kier alpha value is -5.17. The van der Waals surface area contributed by atoms with Crippen LogP contribution in [0.1, 0.15) is 91.2 Å². The number of rotatable bonds is 7. The lowest BCUT2D eigenvalue weighted by Crippen LogP contribution is -2.55. The number of carbonyl (C=O) groups excluding carboxylic acids is 3. The molecule has 13 heteroatoms. The van der Waals surface area contributed by atoms with Crippen LogP contribution in [0.3, 0.4) is 0 Å². The monoisotopic (exact) mass is 654 g/mol. The molecule has 2 aromatic carbocycles. The van der Waals surface area contributed by atoms with E-state index in [0.717, 1.165) is 22.4 Å². The maximum atomic E-state index is 14.1. The molecule has 3 amide bonds. The molecule has 13 nitrogen and oxygen atoms in total. The van der Waals surface area contributed by atoms with Crippen molar-refractivity contribution in [2.24, 2.45) is 11.7 Å². The Kier molecular flexibility index (Phi) is 7.35. The summed E-state index contributed by atoms with van der Waals surface area (Å²) in [6.45, 7) is 8.87. The minimum atomic E-state index is -1.63. The van der Waals surface area contributed by atoms with Crippen LogP contribution in [0.15, 0.2) is 51.3 Å². The standard InChI is InChI=1S/C35H38N6O7/c1-6-34(45,7-2)32(44)37-22-15-18-12-13-23-20(14-18)35(19-10-8-9-11-21(19)38-33(35)47-23)27-26(31-40-25(28(36)42)17(5)46-31)41-30(48-27)24(16(3)4)39-29(22)43/h8-14,16,22,24,33,38,45H,6-7,15H2,1-5H3,(H2,36,42)(H,37,44)(H,39,43)/t22-,24-,33-,35?/m0/s1. The molecule has 7 rings (SSSR count). The molecule has 4 bridgehead atoms. The van der Waals surface area contributed by atoms with Crippen molar-refractivity contribution in [2.45, 2.75) is 83.2 Å². The number of hydrogen-bond acceptors (Lipinski definition) is 10. The fourth-order valence-corrected chi connectivity index (χ4v) is 7.04. The summed E-state index contributed by atoms with van der Waals surface area (Å²) in [7, 11) is 0. The minimum Gasteiger partial charge on any atom is -0.469 e. The zero-order valence-electron chi connectivity index (χ0n) is 27.3. The molecular weight excluding hydrogens is 616 g/mol. The highest BCUT2D eigenvalue weighted by Crippen LogP contribution is 2.59. The van der Waals surface area contributed by atoms with Crippen LogP contribution in [-0.2, 0) is 21.4 Å². The van der Waals surface area contributed by atoms with Crippen molar-refractivity contribution in [3.05, 3.63) is 82.3 Å². The molecule has 0 fully saturated rings. The van der Waals surface area contributed by atoms with Gasteiger partial charge in [-0.1, -0.05) is 58.0 Å². The van der Waals surface area contributed by atoms with Gasteiger partial charge in [-0.3, -0.25) is 14.4 Å². The minimum absolute atomic E-state index is 0.0284. The number of nitrogens with zero attached hydrogens (tertiary/aromatic N) is 2. The Morgan fingerprint density at radius 2 is 1.85 bits per heavy atom. The van der Waals surface area contributed by atoms with Crippen molar-refractivity contribution in [3.8, 4) is 17.3 Å². The van der Waals surface area contributed by atoms with Crippen LogP contribution >= 0.6 is 0 Å². The van der Waals surface area contributed by atoms with Crippen LogP contribution in [0.2, 0.25) is 0 Å². The maximum absolute atomic E-state index is 14.1. The number of aromatic nitrogens is 2. The zero-order valence-corrected chi connectivity index (χ0v) is 27.3. The van der Waals surface area contributed by atoms with Gasteiger partial charge >= 0.3 is 0 Å². The summed E-state index contributed by atoms with van der Waals surface area (Å²) in [4.78, 5) is 49.0. The van der Waals surface area contributed by atoms with Crippen molar-refractivity contribution in [2.75, 3.05) is 5.32 Å². The molecule has 4 atom stereocenters. The van der Waals surface area contributed by atoms with E-state index >= 15 is 0 Å². The summed E-state index contributed by atoms with van der Waals surface area (Å²) in [5.74, 6) is -0.702. The van der Waals surface area contributed by atoms with Gasteiger partial charge < -0.3 is 40.4 Å². The maximum Gasteiger partial charge on any atom is 0.270 e. The second kappa shape index (κ2) is 11.2. The molecule has 1 unspecified atom stereocenters. The van der Waals surface area contributed by atoms with E-state index in [1.165, 1.54) is 0 Å². The largest absolute Gasteiger partial charge is 0.469 e. The highest BCUT2D eigenvalue weighted by atomic mass is 16.5. The number of amides is 3. The van der Waals surface area contributed by atoms with Crippen LogP contribution in [-0.4, -0.2) is 50.7 Å². The molecule has 6 N–H and O–H groups in total. The number of hydrogen-bond donors (Lipinski definition) is 5. The predicted molar refractivity (Wildman–Crippen MR) is 173 cm³/mol. The zero-order chi connectivity index (χ0) is 34.1. The van der Waals surface area contributed by atoms with E-state index < -0.39 is 47.0 Å². The van der Waals surface area contributed by atoms with Gasteiger partial charge in [0.15, 0.2) is 23.4 Å². The molecule has 0 saturated carbocycles. The summed E-state index contributed by atoms with van der Waals surface area (Å²) in [5, 5.41) is 20.4. The molecule has 1 spiro atoms. The Morgan fingerprint density at radius 1 is 1.10 bits per heavy atom. The summed E-state index contributed by atoms with van der Waals surface area (Å²) < 4.78 is 19.4. The number of fused-ring (bicyclic) bond motifs is 4. The van der Waals surface area contributed by atoms with Gasteiger partial charge in [0.1, 0.15) is 34.6 Å². The average molecular weight is 655 g/mol. The molecule has 3 aliphatic heterocycles. The average Bonchev–Trinajstić information content (AvgIpc) is 3.81. The SMILES string of the molecule is CCC(O)(CC)C(=O)N[C@H]1Cc2ccc3c(c2)C2(c4ccccc4N[C@H]2O3)c2oc(nc2-c2nc(C(N)=O)c(C)o2)[C@H](C(C)C)NC1=O. The van der Waals surface area contributed by atoms with Crippen LogP contribution in [0.25, 0.3) is 11.6 Å². The topological polar surface area (TPSA) is 195 Å². The van der Waals surface area contributed by atoms with E-state index in [4.69, 9.17) is 24.3 Å². The number of para-hydroxylation sites is 1. The Bertz CT molecular complexity index is 1960. The van der Waals surface area contributed by atoms with Gasteiger partial charge in [0.25, 0.3) is 11.8 Å². The molecule has 4 aromatic rings. The highest BCUT2D eigenvalue weighted by molar-refractivity contribution is 5.93. The van der Waals surface area contributed by atoms with Gasteiger partial charge in [0, 0.05) is 17.7 Å². The third-order valence-electron chi connectivity index (χ3n) is 9.86. The van der Waals surface area contributed by atoms with Crippen molar-refractivity contribution >= 4 is 23.4 Å². The van der Waals surface area contributed by atoms with Crippen LogP contribution in [0.5, 0.6) is 5.75 Å². The Balaban J connectivity index is 1.49. The number of benzene rings is 2. The number of oxazole rings is 2. The lowest BCUT2D eigenvalue weighted by Gasteiger charge is -2.30. The van der Waals surface area contributed by atoms with E-state index in [9.17, 15) is 19.5 Å². The first-order valence-electron chi connectivity index (χ1n) is 16.2. The third kappa shape index (κ3) is 4.59. The van der Waals surface area contributed by atoms with Gasteiger partial charge in [-0.05, 0) is 48.9 Å². The number of aryl methyl sites for hydroxylation is 1. The first-order chi connectivity index (χ1) is 22.9. The van der Waals surface area contributed by atoms with Gasteiger partial charge in [0.05, 0.1) is 0 Å². The summed E-state index contributed by atoms with van der Waals surface area (Å²) in [5.41, 5.74) is 6.24. The lowest BCUT2D eigenvalue weighted by molar-refractivity contribution is -0.143. The summed E-state index contributed by atoms with van der Waals surface area (Å²) in [6, 6.07) is 11.6. The predicted octanol–water partition coefficient (Wildman–Crippen LogP) is 3.62. The number of nitrogens with one attached hydrogen (secondary N) is 3. The van der Waals surface area contributed by atoms with E-state index in [1.807, 2.05) is 56.3 Å². The Morgan fingerprint density at radius 3 is 2.54 bits per heavy atom. The number of nitrogens with two attached hydrogens (primary N) is 1. The highest BCUT2D eigenvalue weighted by Gasteiger charge is 2.61. The quantitative estimate of drug-likeness (QED) is 0.196. The molecule has 5 heterocycles. The lowest BCUT2D eigenvalue weighted by atomic mass is 9.72. The molecule has 0 saturated heterocycles. The normalized spacial score (nSPS) is 22.5. The van der Waals surface area contributed by atoms with Gasteiger partial charge in [-0.25, -0.2) is 9.97 Å². The molecule has 2 aromatic heterocycles.